The van der Waals surface area contributed by atoms with Crippen molar-refractivity contribution in [1.29, 1.82) is 0 Å². The van der Waals surface area contributed by atoms with Crippen molar-refractivity contribution in [3.63, 3.8) is 0 Å². The molecule has 0 spiro atoms. The minimum atomic E-state index is -3.31. The van der Waals surface area contributed by atoms with Crippen LogP contribution < -0.4 is 0 Å². The second-order valence-corrected chi connectivity index (χ2v) is 4.22. The summed E-state index contributed by atoms with van der Waals surface area (Å²) in [5.74, 6) is 0. The highest BCUT2D eigenvalue weighted by Crippen LogP contribution is 2.37. The topological polar surface area (TPSA) is 33.1 Å². The zero-order valence-electron chi connectivity index (χ0n) is 6.09. The number of aliphatic hydroxyl groups excluding tert-OH is 1. The average molecular weight is 258 g/mol. The fourth-order valence-corrected chi connectivity index (χ4v) is 1.82. The Hall–Kier alpha value is -0.0700. The molecule has 6 heteroatoms. The molecule has 0 aliphatic rings. The summed E-state index contributed by atoms with van der Waals surface area (Å²) in [5.41, 5.74) is 0.630. The number of hydrogen-bond donors (Lipinski definition) is 1. The largest absolute Gasteiger partial charge is 0.379 e. The summed E-state index contributed by atoms with van der Waals surface area (Å²) in [6.45, 7) is 1.68. The molecule has 1 unspecified atom stereocenters. The van der Waals surface area contributed by atoms with Crippen LogP contribution in [0.2, 0.25) is 0 Å². The number of aromatic nitrogens is 1. The summed E-state index contributed by atoms with van der Waals surface area (Å²) >= 11 is 3.09. The van der Waals surface area contributed by atoms with Gasteiger partial charge in [0.15, 0.2) is 6.10 Å². The number of thiazole rings is 1. The highest BCUT2D eigenvalue weighted by Gasteiger charge is 2.37. The highest BCUT2D eigenvalue weighted by molar-refractivity contribution is 9.10. The van der Waals surface area contributed by atoms with Crippen molar-refractivity contribution in [3.8, 4) is 0 Å². The van der Waals surface area contributed by atoms with Crippen LogP contribution in [0, 0.1) is 6.92 Å². The fourth-order valence-electron chi connectivity index (χ4n) is 0.638. The third-order valence-electron chi connectivity index (χ3n) is 1.18. The number of nitrogens with zero attached hydrogens (tertiary/aromatic N) is 1. The molecule has 1 N–H and O–H groups in total. The van der Waals surface area contributed by atoms with Crippen LogP contribution in [0.15, 0.2) is 5.38 Å². The summed E-state index contributed by atoms with van der Waals surface area (Å²) < 4.78 is 24.9. The molecule has 0 aromatic carbocycles. The summed E-state index contributed by atoms with van der Waals surface area (Å²) in [5, 5.41) is 10.7. The first-order valence-electron chi connectivity index (χ1n) is 3.08. The number of alkyl halides is 3. The molecule has 0 aliphatic carbocycles. The summed E-state index contributed by atoms with van der Waals surface area (Å²) in [6.07, 6.45) is -1.86. The number of rotatable bonds is 2. The van der Waals surface area contributed by atoms with E-state index in [1.54, 1.807) is 12.3 Å². The predicted octanol–water partition coefficient (Wildman–Crippen LogP) is 2.47. The van der Waals surface area contributed by atoms with Crippen molar-refractivity contribution < 1.29 is 13.9 Å². The second-order valence-electron chi connectivity index (χ2n) is 2.27. The van der Waals surface area contributed by atoms with E-state index in [1.165, 1.54) is 0 Å². The van der Waals surface area contributed by atoms with Crippen LogP contribution in [0.1, 0.15) is 16.8 Å². The van der Waals surface area contributed by atoms with Crippen LogP contribution in [0.5, 0.6) is 0 Å². The van der Waals surface area contributed by atoms with Gasteiger partial charge < -0.3 is 5.11 Å². The van der Waals surface area contributed by atoms with Crippen LogP contribution >= 0.6 is 27.3 Å². The maximum absolute atomic E-state index is 12.4. The molecule has 2 nitrogen and oxygen atoms in total. The van der Waals surface area contributed by atoms with E-state index in [9.17, 15) is 8.78 Å². The minimum Gasteiger partial charge on any atom is -0.379 e. The SMILES string of the molecule is Cc1csc(C(O)C(F)(F)Br)n1. The third-order valence-corrected chi connectivity index (χ3v) is 2.63. The molecule has 0 aliphatic heterocycles. The molecule has 1 aromatic rings. The van der Waals surface area contributed by atoms with Gasteiger partial charge in [-0.3, -0.25) is 0 Å². The van der Waals surface area contributed by atoms with Crippen molar-refractivity contribution in [3.05, 3.63) is 16.1 Å². The molecule has 0 bridgehead atoms. The van der Waals surface area contributed by atoms with Crippen molar-refractivity contribution in [1.82, 2.24) is 4.98 Å². The molecule has 1 aromatic heterocycles. The molecule has 0 radical (unpaired) electrons. The lowest BCUT2D eigenvalue weighted by molar-refractivity contribution is -0.0295. The Balaban J connectivity index is 2.85. The Kier molecular flexibility index (Phi) is 2.80. The van der Waals surface area contributed by atoms with Gasteiger partial charge in [0.2, 0.25) is 0 Å². The van der Waals surface area contributed by atoms with Crippen LogP contribution in [-0.2, 0) is 0 Å². The van der Waals surface area contributed by atoms with Gasteiger partial charge >= 0.3 is 4.83 Å². The summed E-state index contributed by atoms with van der Waals surface area (Å²) in [4.78, 5) is 0.427. The number of halogens is 3. The van der Waals surface area contributed by atoms with E-state index in [1.807, 2.05) is 0 Å². The van der Waals surface area contributed by atoms with Crippen molar-refractivity contribution in [2.45, 2.75) is 17.9 Å². The lowest BCUT2D eigenvalue weighted by Crippen LogP contribution is -2.17. The molecule has 1 heterocycles. The molecule has 1 rings (SSSR count). The lowest BCUT2D eigenvalue weighted by atomic mass is 10.4. The average Bonchev–Trinajstić information content (AvgIpc) is 2.32. The van der Waals surface area contributed by atoms with Gasteiger partial charge in [0, 0.05) is 11.1 Å². The van der Waals surface area contributed by atoms with E-state index in [4.69, 9.17) is 5.11 Å². The van der Waals surface area contributed by atoms with Crippen LogP contribution in [0.25, 0.3) is 0 Å². The highest BCUT2D eigenvalue weighted by atomic mass is 79.9. The number of aliphatic hydroxyl groups is 1. The first kappa shape index (κ1) is 10.0. The van der Waals surface area contributed by atoms with E-state index in [0.29, 0.717) is 5.69 Å². The smallest absolute Gasteiger partial charge is 0.333 e. The Morgan fingerprint density at radius 1 is 1.75 bits per heavy atom. The fraction of sp³-hybridized carbons (Fsp3) is 0.500. The van der Waals surface area contributed by atoms with Gasteiger partial charge in [-0.25, -0.2) is 4.98 Å². The standard InChI is InChI=1S/C6H6BrF2NOS/c1-3-2-12-5(10-3)4(11)6(7,8)9/h2,4,11H,1H3. The second kappa shape index (κ2) is 3.35. The van der Waals surface area contributed by atoms with Gasteiger partial charge in [-0.05, 0) is 22.9 Å². The first-order valence-corrected chi connectivity index (χ1v) is 4.75. The molecule has 0 fully saturated rings. The van der Waals surface area contributed by atoms with Gasteiger partial charge in [-0.15, -0.1) is 11.3 Å². The predicted molar refractivity (Wildman–Crippen MR) is 45.7 cm³/mol. The Bertz CT molecular complexity index is 273. The molecule has 0 amide bonds. The summed E-state index contributed by atoms with van der Waals surface area (Å²) in [7, 11) is 0. The van der Waals surface area contributed by atoms with Crippen molar-refractivity contribution in [2.75, 3.05) is 0 Å². The monoisotopic (exact) mass is 257 g/mol. The maximum atomic E-state index is 12.4. The van der Waals surface area contributed by atoms with Crippen LogP contribution in [0.3, 0.4) is 0 Å². The lowest BCUT2D eigenvalue weighted by Gasteiger charge is -2.12. The van der Waals surface area contributed by atoms with E-state index >= 15 is 0 Å². The maximum Gasteiger partial charge on any atom is 0.333 e. The van der Waals surface area contributed by atoms with E-state index in [2.05, 4.69) is 20.9 Å². The van der Waals surface area contributed by atoms with Crippen molar-refractivity contribution >= 4 is 27.3 Å². The quantitative estimate of drug-likeness (QED) is 0.826. The zero-order valence-corrected chi connectivity index (χ0v) is 8.49. The molecular weight excluding hydrogens is 252 g/mol. The van der Waals surface area contributed by atoms with Crippen LogP contribution in [-0.4, -0.2) is 14.9 Å². The number of hydrogen-bond acceptors (Lipinski definition) is 3. The van der Waals surface area contributed by atoms with Gasteiger partial charge in [0.05, 0.1) is 0 Å². The Morgan fingerprint density at radius 2 is 2.33 bits per heavy atom. The van der Waals surface area contributed by atoms with Crippen molar-refractivity contribution in [2.24, 2.45) is 0 Å². The van der Waals surface area contributed by atoms with Gasteiger partial charge in [-0.2, -0.15) is 8.78 Å². The zero-order chi connectivity index (χ0) is 9.35. The van der Waals surface area contributed by atoms with Crippen LogP contribution in [0.4, 0.5) is 8.78 Å². The van der Waals surface area contributed by atoms with Gasteiger partial charge in [0.25, 0.3) is 0 Å². The first-order chi connectivity index (χ1) is 5.41. The molecule has 1 atom stereocenters. The molecule has 0 saturated carbocycles. The Labute approximate surface area is 80.4 Å². The molecule has 68 valence electrons. The van der Waals surface area contributed by atoms with E-state index in [0.717, 1.165) is 11.3 Å². The summed E-state index contributed by atoms with van der Waals surface area (Å²) in [6, 6.07) is 0. The normalized spacial score (nSPS) is 14.8. The Morgan fingerprint density at radius 3 is 2.67 bits per heavy atom. The molecular formula is C6H6BrF2NOS. The molecule has 12 heavy (non-hydrogen) atoms. The van der Waals surface area contributed by atoms with E-state index < -0.39 is 10.9 Å². The minimum absolute atomic E-state index is 0.0226. The molecule has 0 saturated heterocycles. The third kappa shape index (κ3) is 2.21. The van der Waals surface area contributed by atoms with E-state index in [-0.39, 0.29) is 5.01 Å². The number of aryl methyl sites for hydroxylation is 1. The van der Waals surface area contributed by atoms with Gasteiger partial charge in [-0.1, -0.05) is 0 Å². The van der Waals surface area contributed by atoms with Gasteiger partial charge in [0.1, 0.15) is 5.01 Å².